The summed E-state index contributed by atoms with van der Waals surface area (Å²) in [4.78, 5) is 19.1. The molecule has 9 heteroatoms. The van der Waals surface area contributed by atoms with E-state index in [2.05, 4.69) is 51.1 Å². The molecule has 0 atom stereocenters. The lowest BCUT2D eigenvalue weighted by Gasteiger charge is -2.31. The Morgan fingerprint density at radius 2 is 1.97 bits per heavy atom. The van der Waals surface area contributed by atoms with E-state index in [1.165, 1.54) is 40.9 Å². The van der Waals surface area contributed by atoms with Crippen molar-refractivity contribution in [2.75, 3.05) is 29.9 Å². The van der Waals surface area contributed by atoms with E-state index < -0.39 is 5.82 Å². The predicted octanol–water partition coefficient (Wildman–Crippen LogP) is 5.27. The Balaban J connectivity index is 1.21. The van der Waals surface area contributed by atoms with Crippen molar-refractivity contribution in [3.8, 4) is 0 Å². The Morgan fingerprint density at radius 1 is 1.22 bits per heavy atom. The van der Waals surface area contributed by atoms with Gasteiger partial charge >= 0.3 is 6.03 Å². The third-order valence-corrected chi connectivity index (χ3v) is 6.66. The highest BCUT2D eigenvalue weighted by molar-refractivity contribution is 7.09. The van der Waals surface area contributed by atoms with Crippen molar-refractivity contribution in [1.29, 1.82) is 0 Å². The maximum absolute atomic E-state index is 13.2. The highest BCUT2D eigenvalue weighted by Crippen LogP contribution is 2.25. The van der Waals surface area contributed by atoms with E-state index in [0.717, 1.165) is 43.3 Å². The number of aryl methyl sites for hydroxylation is 1. The van der Waals surface area contributed by atoms with Gasteiger partial charge in [-0.3, -0.25) is 0 Å². The molecule has 2 N–H and O–H groups in total. The highest BCUT2D eigenvalue weighted by Gasteiger charge is 2.22. The molecule has 0 aliphatic carbocycles. The van der Waals surface area contributed by atoms with Gasteiger partial charge in [0.1, 0.15) is 11.6 Å². The third kappa shape index (κ3) is 5.95. The zero-order valence-corrected chi connectivity index (χ0v) is 19.3. The molecule has 0 saturated carbocycles. The summed E-state index contributed by atoms with van der Waals surface area (Å²) >= 11 is 7.20. The van der Waals surface area contributed by atoms with Crippen LogP contribution in [0.3, 0.4) is 0 Å². The van der Waals surface area contributed by atoms with E-state index in [1.54, 1.807) is 0 Å². The van der Waals surface area contributed by atoms with Gasteiger partial charge in [-0.15, -0.1) is 0 Å². The molecule has 6 nitrogen and oxygen atoms in total. The molecule has 168 valence electrons. The van der Waals surface area contributed by atoms with E-state index >= 15 is 0 Å². The van der Waals surface area contributed by atoms with Gasteiger partial charge in [0.25, 0.3) is 0 Å². The molecule has 1 aromatic heterocycles. The van der Waals surface area contributed by atoms with Crippen molar-refractivity contribution in [3.05, 3.63) is 70.3 Å². The van der Waals surface area contributed by atoms with Gasteiger partial charge in [0.15, 0.2) is 0 Å². The maximum atomic E-state index is 13.2. The lowest BCUT2D eigenvalue weighted by atomic mass is 9.97. The molecule has 1 fully saturated rings. The minimum atomic E-state index is -0.512. The Hall–Kier alpha value is -2.71. The molecule has 0 radical (unpaired) electrons. The van der Waals surface area contributed by atoms with Crippen LogP contribution in [0.4, 0.5) is 20.0 Å². The molecule has 1 aliphatic rings. The fourth-order valence-corrected chi connectivity index (χ4v) is 4.57. The van der Waals surface area contributed by atoms with Gasteiger partial charge in [-0.25, -0.2) is 14.2 Å². The van der Waals surface area contributed by atoms with Crippen molar-refractivity contribution >= 4 is 40.0 Å². The number of carbonyl (C=O) groups excluding carboxylic acids is 1. The number of hydrogen-bond donors (Lipinski definition) is 2. The van der Waals surface area contributed by atoms with Gasteiger partial charge in [0.05, 0.1) is 5.02 Å². The van der Waals surface area contributed by atoms with Crippen LogP contribution in [-0.4, -0.2) is 35.0 Å². The lowest BCUT2D eigenvalue weighted by molar-refractivity contribution is 0.248. The molecule has 1 saturated heterocycles. The SMILES string of the molecule is Cc1ccc(Cc2nsc(N3CCC(CNC(=O)Nc4ccc(F)c(Cl)c4)CC3)n2)cc1. The molecular weight excluding hydrogens is 449 g/mol. The normalized spacial score (nSPS) is 14.4. The van der Waals surface area contributed by atoms with Crippen LogP contribution >= 0.6 is 23.1 Å². The molecule has 3 aromatic rings. The molecule has 2 aromatic carbocycles. The van der Waals surface area contributed by atoms with Crippen LogP contribution in [0.1, 0.15) is 29.8 Å². The Bertz CT molecular complexity index is 1070. The van der Waals surface area contributed by atoms with Gasteiger partial charge in [-0.05, 0) is 49.4 Å². The second-order valence-electron chi connectivity index (χ2n) is 8.05. The minimum absolute atomic E-state index is 0.0196. The number of halogens is 2. The molecule has 0 bridgehead atoms. The van der Waals surface area contributed by atoms with E-state index in [-0.39, 0.29) is 11.1 Å². The lowest BCUT2D eigenvalue weighted by Crippen LogP contribution is -2.39. The van der Waals surface area contributed by atoms with E-state index in [4.69, 9.17) is 16.6 Å². The number of urea groups is 1. The van der Waals surface area contributed by atoms with Crippen molar-refractivity contribution < 1.29 is 9.18 Å². The van der Waals surface area contributed by atoms with Gasteiger partial charge < -0.3 is 15.5 Å². The van der Waals surface area contributed by atoms with Gasteiger partial charge in [0, 0.05) is 43.3 Å². The van der Waals surface area contributed by atoms with Crippen LogP contribution in [0.15, 0.2) is 42.5 Å². The zero-order chi connectivity index (χ0) is 22.5. The summed E-state index contributed by atoms with van der Waals surface area (Å²) < 4.78 is 17.8. The molecule has 4 rings (SSSR count). The molecule has 32 heavy (non-hydrogen) atoms. The molecular formula is C23H25ClFN5OS. The van der Waals surface area contributed by atoms with Crippen LogP contribution in [0, 0.1) is 18.7 Å². The summed E-state index contributed by atoms with van der Waals surface area (Å²) in [7, 11) is 0. The molecule has 0 unspecified atom stereocenters. The quantitative estimate of drug-likeness (QED) is 0.511. The largest absolute Gasteiger partial charge is 0.347 e. The predicted molar refractivity (Wildman–Crippen MR) is 127 cm³/mol. The first-order chi connectivity index (χ1) is 15.5. The molecule has 0 spiro atoms. The van der Waals surface area contributed by atoms with Crippen molar-refractivity contribution in [1.82, 2.24) is 14.7 Å². The van der Waals surface area contributed by atoms with Gasteiger partial charge in [0.2, 0.25) is 5.13 Å². The van der Waals surface area contributed by atoms with Crippen LogP contribution in [0.25, 0.3) is 0 Å². The van der Waals surface area contributed by atoms with Crippen LogP contribution in [0.2, 0.25) is 5.02 Å². The van der Waals surface area contributed by atoms with Gasteiger partial charge in [-0.2, -0.15) is 4.37 Å². The van der Waals surface area contributed by atoms with E-state index in [1.807, 2.05) is 0 Å². The number of rotatable bonds is 6. The van der Waals surface area contributed by atoms with Crippen molar-refractivity contribution in [2.45, 2.75) is 26.2 Å². The summed E-state index contributed by atoms with van der Waals surface area (Å²) in [6.45, 7) is 4.45. The van der Waals surface area contributed by atoms with Crippen molar-refractivity contribution in [3.63, 3.8) is 0 Å². The number of piperidine rings is 1. The first-order valence-corrected chi connectivity index (χ1v) is 11.7. The molecule has 2 amide bonds. The van der Waals surface area contributed by atoms with Gasteiger partial charge in [-0.1, -0.05) is 41.4 Å². The highest BCUT2D eigenvalue weighted by atomic mass is 35.5. The summed E-state index contributed by atoms with van der Waals surface area (Å²) in [6.07, 6.45) is 2.68. The Labute approximate surface area is 196 Å². The second-order valence-corrected chi connectivity index (χ2v) is 9.19. The fourth-order valence-electron chi connectivity index (χ4n) is 3.65. The number of nitrogens with one attached hydrogen (secondary N) is 2. The molecule has 1 aliphatic heterocycles. The fraction of sp³-hybridized carbons (Fsp3) is 0.348. The minimum Gasteiger partial charge on any atom is -0.347 e. The number of anilines is 2. The number of hydrogen-bond acceptors (Lipinski definition) is 5. The number of nitrogens with zero attached hydrogens (tertiary/aromatic N) is 3. The average Bonchev–Trinajstić information content (AvgIpc) is 3.25. The summed E-state index contributed by atoms with van der Waals surface area (Å²) in [6, 6.07) is 12.2. The van der Waals surface area contributed by atoms with Crippen molar-refractivity contribution in [2.24, 2.45) is 5.92 Å². The summed E-state index contributed by atoms with van der Waals surface area (Å²) in [5.74, 6) is 0.742. The number of carbonyl (C=O) groups is 1. The maximum Gasteiger partial charge on any atom is 0.319 e. The third-order valence-electron chi connectivity index (χ3n) is 5.55. The summed E-state index contributed by atoms with van der Waals surface area (Å²) in [5.41, 5.74) is 2.92. The standard InChI is InChI=1S/C23H25ClFN5OS/c1-15-2-4-16(5-3-15)12-21-28-23(32-29-21)30-10-8-17(9-11-30)14-26-22(31)27-18-6-7-20(25)19(24)13-18/h2-7,13,17H,8-12,14H2,1H3,(H2,26,27,31). The van der Waals surface area contributed by atoms with E-state index in [0.29, 0.717) is 18.2 Å². The first kappa shape index (κ1) is 22.5. The number of aromatic nitrogens is 2. The molecule has 2 heterocycles. The van der Waals surface area contributed by atoms with E-state index in [9.17, 15) is 9.18 Å². The number of amides is 2. The first-order valence-electron chi connectivity index (χ1n) is 10.6. The monoisotopic (exact) mass is 473 g/mol. The Morgan fingerprint density at radius 3 is 2.69 bits per heavy atom. The van der Waals surface area contributed by atoms with Crippen LogP contribution in [-0.2, 0) is 6.42 Å². The van der Waals surface area contributed by atoms with Crippen LogP contribution < -0.4 is 15.5 Å². The smallest absolute Gasteiger partial charge is 0.319 e. The Kier molecular flexibility index (Phi) is 7.22. The average molecular weight is 474 g/mol. The topological polar surface area (TPSA) is 70.2 Å². The zero-order valence-electron chi connectivity index (χ0n) is 17.8. The summed E-state index contributed by atoms with van der Waals surface area (Å²) in [5, 5.41) is 6.52. The number of benzene rings is 2. The second kappa shape index (κ2) is 10.3. The van der Waals surface area contributed by atoms with Crippen LogP contribution in [0.5, 0.6) is 0 Å².